The summed E-state index contributed by atoms with van der Waals surface area (Å²) in [5, 5.41) is 2.54. The molecule has 0 fully saturated rings. The molecule has 0 saturated heterocycles. The van der Waals surface area contributed by atoms with Crippen molar-refractivity contribution in [1.29, 1.82) is 0 Å². The molecule has 6 aromatic carbocycles. The number of hydrogen-bond donors (Lipinski definition) is 0. The maximum Gasteiger partial charge on any atom is 0.178 e. The van der Waals surface area contributed by atoms with E-state index in [2.05, 4.69) is 172 Å². The first kappa shape index (κ1) is 27.9. The van der Waals surface area contributed by atoms with Crippen LogP contribution < -0.4 is 9.80 Å². The Morgan fingerprint density at radius 3 is 2.02 bits per heavy atom. The number of fused-ring (bicyclic) bond motifs is 7. The molecule has 234 valence electrons. The molecule has 0 unspecified atom stereocenters. The van der Waals surface area contributed by atoms with Crippen LogP contribution in [-0.2, 0) is 12.0 Å². The molecule has 5 heteroatoms. The molecule has 8 aromatic rings. The Labute approximate surface area is 285 Å². The second-order valence-electron chi connectivity index (χ2n) is 13.2. The van der Waals surface area contributed by atoms with E-state index >= 15 is 0 Å². The van der Waals surface area contributed by atoms with E-state index < -0.39 is 5.41 Å². The lowest BCUT2D eigenvalue weighted by atomic mass is 9.67. The van der Waals surface area contributed by atoms with Gasteiger partial charge in [0.05, 0.1) is 12.1 Å². The normalized spacial score (nSPS) is 14.3. The van der Waals surface area contributed by atoms with Gasteiger partial charge in [0.25, 0.3) is 0 Å². The standard InChI is InChI=1S/C44H33N5/c1-47-29-49(43-42(47)45-24-25-46-43)33-15-11-14-31(26-33)44(38-19-8-5-16-34(38)35-17-6-9-20-39(35)44)32-22-23-41-37(27-32)36-18-7-10-21-40(36)48(41)28-30-12-3-2-4-13-30/h2-27H,28-29H2,1H3. The maximum absolute atomic E-state index is 4.76. The van der Waals surface area contributed by atoms with Crippen LogP contribution in [-0.4, -0.2) is 28.3 Å². The molecule has 0 atom stereocenters. The average molecular weight is 632 g/mol. The van der Waals surface area contributed by atoms with Gasteiger partial charge in [-0.2, -0.15) is 0 Å². The Morgan fingerprint density at radius 1 is 0.571 bits per heavy atom. The van der Waals surface area contributed by atoms with E-state index in [9.17, 15) is 0 Å². The van der Waals surface area contributed by atoms with Crippen molar-refractivity contribution in [2.24, 2.45) is 0 Å². The maximum atomic E-state index is 4.76. The van der Waals surface area contributed by atoms with Crippen LogP contribution in [0.4, 0.5) is 17.3 Å². The molecule has 1 aliphatic heterocycles. The van der Waals surface area contributed by atoms with E-state index in [1.54, 1.807) is 12.4 Å². The van der Waals surface area contributed by atoms with Crippen molar-refractivity contribution in [2.75, 3.05) is 23.5 Å². The number of hydrogen-bond acceptors (Lipinski definition) is 4. The number of aromatic nitrogens is 3. The zero-order valence-electron chi connectivity index (χ0n) is 27.2. The van der Waals surface area contributed by atoms with Gasteiger partial charge in [0.15, 0.2) is 11.6 Å². The minimum Gasteiger partial charge on any atom is -0.338 e. The molecule has 0 spiro atoms. The number of para-hydroxylation sites is 1. The van der Waals surface area contributed by atoms with Crippen molar-refractivity contribution in [2.45, 2.75) is 12.0 Å². The molecule has 0 radical (unpaired) electrons. The van der Waals surface area contributed by atoms with Gasteiger partial charge in [-0.25, -0.2) is 9.97 Å². The van der Waals surface area contributed by atoms with Crippen molar-refractivity contribution in [3.63, 3.8) is 0 Å². The fourth-order valence-electron chi connectivity index (χ4n) is 8.49. The smallest absolute Gasteiger partial charge is 0.178 e. The third-order valence-corrected chi connectivity index (χ3v) is 10.6. The van der Waals surface area contributed by atoms with Crippen LogP contribution >= 0.6 is 0 Å². The number of benzene rings is 6. The van der Waals surface area contributed by atoms with Gasteiger partial charge >= 0.3 is 0 Å². The third kappa shape index (κ3) is 3.99. The Morgan fingerprint density at radius 2 is 1.22 bits per heavy atom. The quantitative estimate of drug-likeness (QED) is 0.190. The average Bonchev–Trinajstić information content (AvgIpc) is 3.78. The highest BCUT2D eigenvalue weighted by Crippen LogP contribution is 2.57. The lowest BCUT2D eigenvalue weighted by Gasteiger charge is -2.34. The second kappa shape index (κ2) is 10.7. The summed E-state index contributed by atoms with van der Waals surface area (Å²) in [4.78, 5) is 13.8. The number of anilines is 3. The summed E-state index contributed by atoms with van der Waals surface area (Å²) in [7, 11) is 2.08. The van der Waals surface area contributed by atoms with Gasteiger partial charge in [-0.3, -0.25) is 0 Å². The van der Waals surface area contributed by atoms with Gasteiger partial charge in [-0.15, -0.1) is 0 Å². The molecule has 0 amide bonds. The SMILES string of the molecule is CN1CN(c2cccc(C3(c4ccc5c(c4)c4ccccc4n5Cc4ccccc4)c4ccccc4-c4ccccc43)c2)c2nccnc21. The van der Waals surface area contributed by atoms with E-state index in [-0.39, 0.29) is 0 Å². The minimum atomic E-state index is -0.531. The predicted molar refractivity (Wildman–Crippen MR) is 200 cm³/mol. The molecule has 0 saturated carbocycles. The van der Waals surface area contributed by atoms with E-state index in [0.717, 1.165) is 23.9 Å². The zero-order valence-corrected chi connectivity index (χ0v) is 27.2. The summed E-state index contributed by atoms with van der Waals surface area (Å²) in [5.74, 6) is 1.78. The summed E-state index contributed by atoms with van der Waals surface area (Å²) >= 11 is 0. The molecule has 2 aliphatic rings. The Kier molecular flexibility index (Phi) is 6.06. The van der Waals surface area contributed by atoms with Crippen LogP contribution in [0.1, 0.15) is 27.8 Å². The van der Waals surface area contributed by atoms with Crippen molar-refractivity contribution >= 4 is 39.1 Å². The molecular formula is C44H33N5. The highest BCUT2D eigenvalue weighted by molar-refractivity contribution is 6.08. The molecule has 2 aromatic heterocycles. The summed E-state index contributed by atoms with van der Waals surface area (Å²) < 4.78 is 2.47. The van der Waals surface area contributed by atoms with Gasteiger partial charge in [-0.1, -0.05) is 115 Å². The van der Waals surface area contributed by atoms with E-state index in [0.29, 0.717) is 6.67 Å². The van der Waals surface area contributed by atoms with Crippen LogP contribution in [0.5, 0.6) is 0 Å². The van der Waals surface area contributed by atoms with Gasteiger partial charge in [0.1, 0.15) is 0 Å². The Balaban J connectivity index is 1.24. The van der Waals surface area contributed by atoms with Crippen LogP contribution in [0, 0.1) is 0 Å². The zero-order chi connectivity index (χ0) is 32.5. The van der Waals surface area contributed by atoms with Crippen molar-refractivity contribution < 1.29 is 0 Å². The monoisotopic (exact) mass is 631 g/mol. The molecule has 1 aliphatic carbocycles. The van der Waals surface area contributed by atoms with E-state index in [1.165, 1.54) is 60.8 Å². The predicted octanol–water partition coefficient (Wildman–Crippen LogP) is 9.54. The molecule has 10 rings (SSSR count). The topological polar surface area (TPSA) is 37.2 Å². The Bertz CT molecular complexity index is 2500. The summed E-state index contributed by atoms with van der Waals surface area (Å²) in [5.41, 5.74) is 12.0. The highest BCUT2D eigenvalue weighted by atomic mass is 15.4. The number of rotatable bonds is 5. The van der Waals surface area contributed by atoms with Crippen LogP contribution in [0.15, 0.2) is 158 Å². The van der Waals surface area contributed by atoms with Gasteiger partial charge in [-0.05, 0) is 69.3 Å². The molecular weight excluding hydrogens is 599 g/mol. The largest absolute Gasteiger partial charge is 0.338 e. The van der Waals surface area contributed by atoms with Crippen molar-refractivity contribution in [3.05, 3.63) is 186 Å². The third-order valence-electron chi connectivity index (χ3n) is 10.6. The fraction of sp³-hybridized carbons (Fsp3) is 0.0909. The first-order valence-electron chi connectivity index (χ1n) is 16.9. The van der Waals surface area contributed by atoms with Crippen molar-refractivity contribution in [3.8, 4) is 11.1 Å². The van der Waals surface area contributed by atoms with Crippen LogP contribution in [0.2, 0.25) is 0 Å². The van der Waals surface area contributed by atoms with Gasteiger partial charge in [0, 0.05) is 53.5 Å². The lowest BCUT2D eigenvalue weighted by molar-refractivity contribution is 0.768. The van der Waals surface area contributed by atoms with E-state index in [1.807, 2.05) is 0 Å². The van der Waals surface area contributed by atoms with Crippen LogP contribution in [0.3, 0.4) is 0 Å². The van der Waals surface area contributed by atoms with E-state index in [4.69, 9.17) is 4.98 Å². The van der Waals surface area contributed by atoms with Crippen LogP contribution in [0.25, 0.3) is 32.9 Å². The number of nitrogens with zero attached hydrogens (tertiary/aromatic N) is 5. The molecule has 0 N–H and O–H groups in total. The first-order valence-corrected chi connectivity index (χ1v) is 16.9. The van der Waals surface area contributed by atoms with Crippen molar-refractivity contribution in [1.82, 2.24) is 14.5 Å². The highest BCUT2D eigenvalue weighted by Gasteiger charge is 2.46. The molecule has 0 bridgehead atoms. The molecule has 49 heavy (non-hydrogen) atoms. The minimum absolute atomic E-state index is 0.531. The van der Waals surface area contributed by atoms with Gasteiger partial charge in [0.2, 0.25) is 0 Å². The molecule has 3 heterocycles. The summed E-state index contributed by atoms with van der Waals surface area (Å²) in [6.07, 6.45) is 3.55. The lowest BCUT2D eigenvalue weighted by Crippen LogP contribution is -2.29. The second-order valence-corrected chi connectivity index (χ2v) is 13.2. The van der Waals surface area contributed by atoms with Gasteiger partial charge < -0.3 is 14.4 Å². The summed E-state index contributed by atoms with van der Waals surface area (Å²) in [6.45, 7) is 1.51. The first-order chi connectivity index (χ1) is 24.2. The fourth-order valence-corrected chi connectivity index (χ4v) is 8.49. The Hall–Kier alpha value is -6.20. The summed E-state index contributed by atoms with van der Waals surface area (Å²) in [6, 6.07) is 53.8. The molecule has 5 nitrogen and oxygen atoms in total.